The SMILES string of the molecule is Brc1ccc(-c2nnc(I)o2)c(Br)c1. The van der Waals surface area contributed by atoms with Crippen LogP contribution in [0.3, 0.4) is 0 Å². The van der Waals surface area contributed by atoms with E-state index in [4.69, 9.17) is 4.42 Å². The number of hydrogen-bond donors (Lipinski definition) is 0. The highest BCUT2D eigenvalue weighted by Crippen LogP contribution is 2.29. The van der Waals surface area contributed by atoms with Crippen molar-refractivity contribution in [2.45, 2.75) is 0 Å². The summed E-state index contributed by atoms with van der Waals surface area (Å²) in [5, 5.41) is 7.70. The van der Waals surface area contributed by atoms with Crippen LogP contribution in [0.15, 0.2) is 31.6 Å². The molecular weight excluding hydrogens is 427 g/mol. The van der Waals surface area contributed by atoms with E-state index in [0.29, 0.717) is 9.79 Å². The van der Waals surface area contributed by atoms with Gasteiger partial charge in [-0.2, -0.15) is 0 Å². The van der Waals surface area contributed by atoms with E-state index in [-0.39, 0.29) is 0 Å². The fourth-order valence-corrected chi connectivity index (χ4v) is 2.51. The standard InChI is InChI=1S/C8H3Br2IN2O/c9-4-1-2-5(6(10)3-4)7-12-13-8(11)14-7/h1-3H. The Morgan fingerprint density at radius 2 is 2.00 bits per heavy atom. The molecule has 1 heterocycles. The molecular formula is C8H3Br2IN2O. The van der Waals surface area contributed by atoms with Crippen LogP contribution in [0.1, 0.15) is 0 Å². The van der Waals surface area contributed by atoms with E-state index in [1.165, 1.54) is 0 Å². The molecule has 0 atom stereocenters. The zero-order valence-corrected chi connectivity index (χ0v) is 12.0. The molecule has 0 aliphatic heterocycles. The Morgan fingerprint density at radius 1 is 1.21 bits per heavy atom. The van der Waals surface area contributed by atoms with E-state index < -0.39 is 0 Å². The number of aromatic nitrogens is 2. The molecule has 0 bridgehead atoms. The number of hydrogen-bond acceptors (Lipinski definition) is 3. The second-order valence-electron chi connectivity index (χ2n) is 2.48. The van der Waals surface area contributed by atoms with Gasteiger partial charge in [-0.15, -0.1) is 10.2 Å². The maximum Gasteiger partial charge on any atom is 0.278 e. The van der Waals surface area contributed by atoms with E-state index in [0.717, 1.165) is 14.5 Å². The van der Waals surface area contributed by atoms with Crippen molar-refractivity contribution in [3.05, 3.63) is 31.0 Å². The summed E-state index contributed by atoms with van der Waals surface area (Å²) in [6, 6.07) is 5.78. The first-order chi connectivity index (χ1) is 6.66. The monoisotopic (exact) mass is 428 g/mol. The fraction of sp³-hybridized carbons (Fsp3) is 0. The summed E-state index contributed by atoms with van der Waals surface area (Å²) in [5.41, 5.74) is 0.892. The van der Waals surface area contributed by atoms with E-state index in [1.54, 1.807) is 0 Å². The molecule has 1 aromatic heterocycles. The molecule has 0 radical (unpaired) electrons. The van der Waals surface area contributed by atoms with Crippen LogP contribution in [0.4, 0.5) is 0 Å². The molecule has 0 aliphatic rings. The summed E-state index contributed by atoms with van der Waals surface area (Å²) in [4.78, 5) is 0. The van der Waals surface area contributed by atoms with Crippen LogP contribution < -0.4 is 0 Å². The zero-order valence-electron chi connectivity index (χ0n) is 6.67. The molecule has 0 spiro atoms. The minimum atomic E-state index is 0.522. The molecule has 1 aromatic carbocycles. The molecule has 14 heavy (non-hydrogen) atoms. The highest BCUT2D eigenvalue weighted by atomic mass is 127. The lowest BCUT2D eigenvalue weighted by molar-refractivity contribution is 0.536. The Balaban J connectivity index is 2.52. The first-order valence-corrected chi connectivity index (χ1v) is 6.28. The maximum absolute atomic E-state index is 5.31. The van der Waals surface area contributed by atoms with Crippen molar-refractivity contribution in [2.75, 3.05) is 0 Å². The third kappa shape index (κ3) is 2.17. The lowest BCUT2D eigenvalue weighted by Crippen LogP contribution is -1.80. The lowest BCUT2D eigenvalue weighted by atomic mass is 10.2. The molecule has 0 saturated heterocycles. The predicted octanol–water partition coefficient (Wildman–Crippen LogP) is 3.87. The highest BCUT2D eigenvalue weighted by molar-refractivity contribution is 14.1. The normalized spacial score (nSPS) is 10.5. The van der Waals surface area contributed by atoms with E-state index >= 15 is 0 Å². The predicted molar refractivity (Wildman–Crippen MR) is 67.9 cm³/mol. The smallest absolute Gasteiger partial charge is 0.278 e. The van der Waals surface area contributed by atoms with Crippen LogP contribution in [-0.2, 0) is 0 Å². The summed E-state index contributed by atoms with van der Waals surface area (Å²) in [6.45, 7) is 0. The first kappa shape index (κ1) is 10.6. The molecule has 0 fully saturated rings. The van der Waals surface area contributed by atoms with Crippen molar-refractivity contribution in [2.24, 2.45) is 0 Å². The van der Waals surface area contributed by atoms with Gasteiger partial charge in [-0.25, -0.2) is 0 Å². The first-order valence-electron chi connectivity index (χ1n) is 3.61. The summed E-state index contributed by atoms with van der Waals surface area (Å²) in [5.74, 6) is 0.522. The van der Waals surface area contributed by atoms with Crippen molar-refractivity contribution in [1.82, 2.24) is 10.2 Å². The summed E-state index contributed by atoms with van der Waals surface area (Å²) >= 11 is 8.79. The average Bonchev–Trinajstić information content (AvgIpc) is 2.51. The number of rotatable bonds is 1. The van der Waals surface area contributed by atoms with Gasteiger partial charge < -0.3 is 4.42 Å². The molecule has 0 unspecified atom stereocenters. The molecule has 0 aliphatic carbocycles. The van der Waals surface area contributed by atoms with Crippen molar-refractivity contribution in [1.29, 1.82) is 0 Å². The van der Waals surface area contributed by atoms with Gasteiger partial charge in [0, 0.05) is 31.5 Å². The van der Waals surface area contributed by atoms with Crippen molar-refractivity contribution >= 4 is 54.5 Å². The van der Waals surface area contributed by atoms with Crippen molar-refractivity contribution in [3.63, 3.8) is 0 Å². The Morgan fingerprint density at radius 3 is 2.57 bits per heavy atom. The van der Waals surface area contributed by atoms with Crippen LogP contribution in [0.5, 0.6) is 0 Å². The minimum Gasteiger partial charge on any atom is -0.412 e. The minimum absolute atomic E-state index is 0.522. The topological polar surface area (TPSA) is 38.9 Å². The lowest BCUT2D eigenvalue weighted by Gasteiger charge is -1.98. The third-order valence-corrected chi connectivity index (χ3v) is 3.15. The van der Waals surface area contributed by atoms with Gasteiger partial charge in [-0.3, -0.25) is 0 Å². The second kappa shape index (κ2) is 4.28. The molecule has 2 rings (SSSR count). The van der Waals surface area contributed by atoms with E-state index in [1.807, 2.05) is 40.8 Å². The van der Waals surface area contributed by atoms with Crippen LogP contribution in [0, 0.1) is 3.90 Å². The largest absolute Gasteiger partial charge is 0.412 e. The maximum atomic E-state index is 5.31. The molecule has 6 heteroatoms. The van der Waals surface area contributed by atoms with Crippen LogP contribution >= 0.6 is 54.5 Å². The Hall–Kier alpha value is 0.0500. The van der Waals surface area contributed by atoms with Gasteiger partial charge in [-0.05, 0) is 34.1 Å². The van der Waals surface area contributed by atoms with Gasteiger partial charge in [0.05, 0.1) is 5.56 Å². The number of benzene rings is 1. The molecule has 3 nitrogen and oxygen atoms in total. The highest BCUT2D eigenvalue weighted by Gasteiger charge is 2.10. The summed E-state index contributed by atoms with van der Waals surface area (Å²) in [7, 11) is 0. The number of halogens is 3. The van der Waals surface area contributed by atoms with E-state index in [2.05, 4.69) is 42.1 Å². The van der Waals surface area contributed by atoms with Gasteiger partial charge in [0.2, 0.25) is 5.89 Å². The number of nitrogens with zero attached hydrogens (tertiary/aromatic N) is 2. The van der Waals surface area contributed by atoms with Gasteiger partial charge in [0.15, 0.2) is 0 Å². The molecule has 0 amide bonds. The fourth-order valence-electron chi connectivity index (χ4n) is 0.977. The molecule has 0 N–H and O–H groups in total. The van der Waals surface area contributed by atoms with Crippen LogP contribution in [0.25, 0.3) is 11.5 Å². The quantitative estimate of drug-likeness (QED) is 0.646. The average molecular weight is 430 g/mol. The Labute approximate surface area is 111 Å². The van der Waals surface area contributed by atoms with Crippen molar-refractivity contribution in [3.8, 4) is 11.5 Å². The second-order valence-corrected chi connectivity index (χ2v) is 5.18. The molecule has 72 valence electrons. The Bertz CT molecular complexity index is 472. The molecule has 0 saturated carbocycles. The zero-order chi connectivity index (χ0) is 10.1. The third-order valence-electron chi connectivity index (χ3n) is 1.56. The molecule has 2 aromatic rings. The van der Waals surface area contributed by atoms with Crippen LogP contribution in [-0.4, -0.2) is 10.2 Å². The van der Waals surface area contributed by atoms with E-state index in [9.17, 15) is 0 Å². The van der Waals surface area contributed by atoms with Crippen molar-refractivity contribution < 1.29 is 4.42 Å². The van der Waals surface area contributed by atoms with Gasteiger partial charge >= 0.3 is 0 Å². The summed E-state index contributed by atoms with van der Waals surface area (Å²) < 4.78 is 7.77. The Kier molecular flexibility index (Phi) is 3.23. The van der Waals surface area contributed by atoms with Gasteiger partial charge in [0.1, 0.15) is 0 Å². The van der Waals surface area contributed by atoms with Gasteiger partial charge in [-0.1, -0.05) is 15.9 Å². The van der Waals surface area contributed by atoms with Gasteiger partial charge in [0.25, 0.3) is 3.90 Å². The van der Waals surface area contributed by atoms with Crippen LogP contribution in [0.2, 0.25) is 0 Å². The summed E-state index contributed by atoms with van der Waals surface area (Å²) in [6.07, 6.45) is 0.